The lowest BCUT2D eigenvalue weighted by atomic mass is 10.2. The fraction of sp³-hybridized carbons (Fsp3) is 0.333. The van der Waals surface area contributed by atoms with Gasteiger partial charge in [-0.25, -0.2) is 9.89 Å². The molecule has 102 valence electrons. The molecular weight excluding hydrogens is 248 g/mol. The molecule has 0 fully saturated rings. The van der Waals surface area contributed by atoms with Crippen LogP contribution in [0, 0.1) is 0 Å². The van der Waals surface area contributed by atoms with Crippen molar-refractivity contribution >= 4 is 5.69 Å². The minimum Gasteiger partial charge on any atom is -0.495 e. The summed E-state index contributed by atoms with van der Waals surface area (Å²) in [5.74, 6) is 1.14. The minimum absolute atomic E-state index is 0.265. The average molecular weight is 264 g/mol. The Balaban J connectivity index is 1.89. The van der Waals surface area contributed by atoms with Crippen LogP contribution < -0.4 is 15.7 Å². The number of nitrogens with one attached hydrogen (secondary N) is 3. The summed E-state index contributed by atoms with van der Waals surface area (Å²) in [6.07, 6.45) is -0.398. The number of para-hydroxylation sites is 2. The molecule has 0 amide bonds. The molecule has 0 radical (unpaired) electrons. The molecule has 0 saturated carbocycles. The average Bonchev–Trinajstić information content (AvgIpc) is 2.82. The molecule has 0 aliphatic heterocycles. The summed E-state index contributed by atoms with van der Waals surface area (Å²) < 4.78 is 5.19. The lowest BCUT2D eigenvalue weighted by molar-refractivity contribution is 0.185. The van der Waals surface area contributed by atoms with Crippen molar-refractivity contribution in [3.05, 3.63) is 40.6 Å². The zero-order valence-corrected chi connectivity index (χ0v) is 10.5. The minimum atomic E-state index is -0.663. The van der Waals surface area contributed by atoms with E-state index in [-0.39, 0.29) is 12.1 Å². The first-order valence-electron chi connectivity index (χ1n) is 5.87. The molecule has 7 nitrogen and oxygen atoms in total. The molecule has 1 atom stereocenters. The van der Waals surface area contributed by atoms with E-state index in [1.807, 2.05) is 24.3 Å². The Kier molecular flexibility index (Phi) is 4.19. The number of aliphatic hydroxyl groups excluding tert-OH is 1. The quantitative estimate of drug-likeness (QED) is 0.593. The molecule has 1 aromatic heterocycles. The van der Waals surface area contributed by atoms with Crippen LogP contribution in [-0.2, 0) is 6.42 Å². The Bertz CT molecular complexity index is 578. The first kappa shape index (κ1) is 13.2. The van der Waals surface area contributed by atoms with Gasteiger partial charge in [0.15, 0.2) is 0 Å². The van der Waals surface area contributed by atoms with Crippen LogP contribution in [0.3, 0.4) is 0 Å². The molecule has 2 aromatic rings. The van der Waals surface area contributed by atoms with Gasteiger partial charge in [0.05, 0.1) is 18.9 Å². The second-order valence-corrected chi connectivity index (χ2v) is 4.06. The summed E-state index contributed by atoms with van der Waals surface area (Å²) in [5, 5.41) is 18.9. The first-order valence-corrected chi connectivity index (χ1v) is 5.87. The van der Waals surface area contributed by atoms with E-state index in [0.29, 0.717) is 18.1 Å². The number of aromatic nitrogens is 3. The number of rotatable bonds is 6. The van der Waals surface area contributed by atoms with E-state index < -0.39 is 6.10 Å². The lowest BCUT2D eigenvalue weighted by Gasteiger charge is -2.13. The summed E-state index contributed by atoms with van der Waals surface area (Å²) >= 11 is 0. The van der Waals surface area contributed by atoms with Crippen LogP contribution in [-0.4, -0.2) is 40.0 Å². The summed E-state index contributed by atoms with van der Waals surface area (Å²) in [4.78, 5) is 13.3. The monoisotopic (exact) mass is 264 g/mol. The molecule has 1 unspecified atom stereocenters. The highest BCUT2D eigenvalue weighted by Crippen LogP contribution is 2.22. The number of aliphatic hydroxyl groups is 1. The van der Waals surface area contributed by atoms with E-state index in [9.17, 15) is 9.90 Å². The third kappa shape index (κ3) is 3.59. The number of anilines is 1. The predicted octanol–water partition coefficient (Wildman–Crippen LogP) is 0.122. The molecule has 1 aromatic carbocycles. The molecule has 0 saturated heterocycles. The van der Waals surface area contributed by atoms with Crippen molar-refractivity contribution in [2.45, 2.75) is 12.5 Å². The molecule has 0 bridgehead atoms. The van der Waals surface area contributed by atoms with E-state index >= 15 is 0 Å². The topological polar surface area (TPSA) is 103 Å². The van der Waals surface area contributed by atoms with Gasteiger partial charge in [-0.1, -0.05) is 12.1 Å². The van der Waals surface area contributed by atoms with Gasteiger partial charge < -0.3 is 15.2 Å². The molecule has 19 heavy (non-hydrogen) atoms. The predicted molar refractivity (Wildman–Crippen MR) is 70.4 cm³/mol. The van der Waals surface area contributed by atoms with E-state index in [1.165, 1.54) is 0 Å². The van der Waals surface area contributed by atoms with E-state index in [2.05, 4.69) is 20.5 Å². The summed E-state index contributed by atoms with van der Waals surface area (Å²) in [7, 11) is 1.59. The highest BCUT2D eigenvalue weighted by Gasteiger charge is 2.09. The van der Waals surface area contributed by atoms with Gasteiger partial charge in [0.1, 0.15) is 11.6 Å². The Hall–Kier alpha value is -2.28. The largest absolute Gasteiger partial charge is 0.495 e. The lowest BCUT2D eigenvalue weighted by Crippen LogP contribution is -2.22. The highest BCUT2D eigenvalue weighted by atomic mass is 16.5. The van der Waals surface area contributed by atoms with Crippen molar-refractivity contribution in [3.63, 3.8) is 0 Å². The number of aromatic amines is 2. The summed E-state index contributed by atoms with van der Waals surface area (Å²) in [6.45, 7) is 0.329. The van der Waals surface area contributed by atoms with Crippen LogP contribution in [0.25, 0.3) is 0 Å². The standard InChI is InChI=1S/C12H16N4O3/c1-19-10-5-3-2-4-9(10)13-7-8(17)6-11-14-12(18)16-15-11/h2-5,8,13,17H,6-7H2,1H3,(H2,14,15,16,18). The molecule has 0 spiro atoms. The van der Waals surface area contributed by atoms with Crippen molar-refractivity contribution in [1.29, 1.82) is 0 Å². The smallest absolute Gasteiger partial charge is 0.340 e. The van der Waals surface area contributed by atoms with E-state index in [1.54, 1.807) is 7.11 Å². The molecule has 7 heteroatoms. The second-order valence-electron chi connectivity index (χ2n) is 4.06. The third-order valence-corrected chi connectivity index (χ3v) is 2.61. The van der Waals surface area contributed by atoms with Crippen molar-refractivity contribution in [1.82, 2.24) is 15.2 Å². The van der Waals surface area contributed by atoms with Crippen LogP contribution in [0.4, 0.5) is 5.69 Å². The Morgan fingerprint density at radius 3 is 2.95 bits per heavy atom. The normalized spacial score (nSPS) is 12.1. The van der Waals surface area contributed by atoms with E-state index in [0.717, 1.165) is 5.69 Å². The number of ether oxygens (including phenoxy) is 1. The SMILES string of the molecule is COc1ccccc1NCC(O)Cc1n[nH]c(=O)[nH]1. The maximum Gasteiger partial charge on any atom is 0.340 e. The van der Waals surface area contributed by atoms with Crippen LogP contribution in [0.1, 0.15) is 5.82 Å². The first-order chi connectivity index (χ1) is 9.19. The third-order valence-electron chi connectivity index (χ3n) is 2.61. The van der Waals surface area contributed by atoms with Crippen molar-refractivity contribution in [2.75, 3.05) is 19.0 Å². The fourth-order valence-electron chi connectivity index (χ4n) is 1.72. The Morgan fingerprint density at radius 2 is 2.26 bits per heavy atom. The maximum absolute atomic E-state index is 10.8. The van der Waals surface area contributed by atoms with Crippen molar-refractivity contribution in [2.24, 2.45) is 0 Å². The van der Waals surface area contributed by atoms with Gasteiger partial charge in [0.25, 0.3) is 0 Å². The number of hydrogen-bond acceptors (Lipinski definition) is 5. The molecule has 4 N–H and O–H groups in total. The van der Waals surface area contributed by atoms with Crippen LogP contribution in [0.15, 0.2) is 29.1 Å². The van der Waals surface area contributed by atoms with Gasteiger partial charge in [-0.15, -0.1) is 0 Å². The van der Waals surface area contributed by atoms with Gasteiger partial charge in [-0.2, -0.15) is 5.10 Å². The van der Waals surface area contributed by atoms with Gasteiger partial charge in [-0.05, 0) is 12.1 Å². The molecule has 0 aliphatic rings. The Morgan fingerprint density at radius 1 is 1.47 bits per heavy atom. The molecular formula is C12H16N4O3. The van der Waals surface area contributed by atoms with Gasteiger partial charge in [0, 0.05) is 13.0 Å². The van der Waals surface area contributed by atoms with Gasteiger partial charge in [0.2, 0.25) is 0 Å². The van der Waals surface area contributed by atoms with Gasteiger partial charge >= 0.3 is 5.69 Å². The zero-order valence-electron chi connectivity index (χ0n) is 10.5. The number of methoxy groups -OCH3 is 1. The zero-order chi connectivity index (χ0) is 13.7. The van der Waals surface area contributed by atoms with Crippen LogP contribution >= 0.6 is 0 Å². The van der Waals surface area contributed by atoms with Gasteiger partial charge in [-0.3, -0.25) is 4.98 Å². The number of hydrogen-bond donors (Lipinski definition) is 4. The number of benzene rings is 1. The maximum atomic E-state index is 10.8. The molecule has 1 heterocycles. The molecule has 0 aliphatic carbocycles. The Labute approximate surface area is 109 Å². The summed E-state index contributed by atoms with van der Waals surface area (Å²) in [5.41, 5.74) is 0.430. The fourth-order valence-corrected chi connectivity index (χ4v) is 1.72. The summed E-state index contributed by atoms with van der Waals surface area (Å²) in [6, 6.07) is 7.44. The van der Waals surface area contributed by atoms with Crippen LogP contribution in [0.2, 0.25) is 0 Å². The molecule has 2 rings (SSSR count). The number of H-pyrrole nitrogens is 2. The van der Waals surface area contributed by atoms with Crippen LogP contribution in [0.5, 0.6) is 5.75 Å². The highest BCUT2D eigenvalue weighted by molar-refractivity contribution is 5.56. The van der Waals surface area contributed by atoms with Crippen molar-refractivity contribution in [3.8, 4) is 5.75 Å². The second kappa shape index (κ2) is 6.05. The van der Waals surface area contributed by atoms with E-state index in [4.69, 9.17) is 4.74 Å². The van der Waals surface area contributed by atoms with Crippen molar-refractivity contribution < 1.29 is 9.84 Å². The number of nitrogens with zero attached hydrogens (tertiary/aromatic N) is 1.